The number of benzene rings is 3. The average Bonchev–Trinajstić information content (AvgIpc) is 2.76. The first-order valence-corrected chi connectivity index (χ1v) is 9.26. The Morgan fingerprint density at radius 1 is 1.10 bits per heavy atom. The van der Waals surface area contributed by atoms with E-state index in [1.54, 1.807) is 24.3 Å². The lowest BCUT2D eigenvalue weighted by atomic mass is 10.1. The molecule has 0 aliphatic heterocycles. The lowest BCUT2D eigenvalue weighted by Crippen LogP contribution is -2.35. The molecule has 0 aliphatic rings. The third-order valence-corrected chi connectivity index (χ3v) is 4.83. The minimum atomic E-state index is -0.837. The molecule has 0 saturated carbocycles. The molecule has 1 aromatic heterocycles. The Balaban J connectivity index is 1.88. The van der Waals surface area contributed by atoms with E-state index in [2.05, 4.69) is 10.4 Å². The van der Waals surface area contributed by atoms with Crippen LogP contribution in [-0.2, 0) is 0 Å². The van der Waals surface area contributed by atoms with Crippen molar-refractivity contribution in [1.82, 2.24) is 9.66 Å². The second kappa shape index (κ2) is 7.96. The van der Waals surface area contributed by atoms with E-state index in [9.17, 15) is 24.1 Å². The van der Waals surface area contributed by atoms with E-state index in [-0.39, 0.29) is 27.4 Å². The number of rotatable bonds is 4. The highest BCUT2D eigenvalue weighted by Crippen LogP contribution is 2.25. The number of fused-ring (bicyclic) bond motifs is 1. The predicted molar refractivity (Wildman–Crippen MR) is 113 cm³/mol. The number of hydrogen-bond donors (Lipinski definition) is 1. The predicted octanol–water partition coefficient (Wildman–Crippen LogP) is 4.15. The van der Waals surface area contributed by atoms with Crippen LogP contribution in [0.25, 0.3) is 22.3 Å². The number of aromatic nitrogens is 2. The summed E-state index contributed by atoms with van der Waals surface area (Å²) < 4.78 is 15.3. The topological polar surface area (TPSA) is 107 Å². The molecule has 0 spiro atoms. The van der Waals surface area contributed by atoms with Gasteiger partial charge in [0.2, 0.25) is 0 Å². The molecule has 1 amide bonds. The van der Waals surface area contributed by atoms with Gasteiger partial charge in [0.05, 0.1) is 21.4 Å². The first-order valence-electron chi connectivity index (χ1n) is 8.89. The quantitative estimate of drug-likeness (QED) is 0.380. The number of hydrogen-bond acceptors (Lipinski definition) is 5. The van der Waals surface area contributed by atoms with Gasteiger partial charge in [-0.25, -0.2) is 9.37 Å². The van der Waals surface area contributed by atoms with Crippen LogP contribution in [0.15, 0.2) is 71.5 Å². The van der Waals surface area contributed by atoms with Crippen LogP contribution < -0.4 is 11.0 Å². The van der Waals surface area contributed by atoms with E-state index in [1.165, 1.54) is 36.4 Å². The van der Waals surface area contributed by atoms with Crippen LogP contribution in [0, 0.1) is 15.9 Å². The van der Waals surface area contributed by atoms with Gasteiger partial charge in [0.1, 0.15) is 10.8 Å². The molecule has 8 nitrogen and oxygen atoms in total. The molecule has 10 heteroatoms. The molecule has 0 atom stereocenters. The van der Waals surface area contributed by atoms with Crippen molar-refractivity contribution < 1.29 is 14.1 Å². The molecule has 0 unspecified atom stereocenters. The molecule has 1 heterocycles. The van der Waals surface area contributed by atoms with Crippen LogP contribution in [0.2, 0.25) is 5.02 Å². The molecule has 154 valence electrons. The van der Waals surface area contributed by atoms with Crippen molar-refractivity contribution in [2.45, 2.75) is 0 Å². The molecule has 0 radical (unpaired) electrons. The number of nitrogens with zero attached hydrogens (tertiary/aromatic N) is 3. The van der Waals surface area contributed by atoms with E-state index in [1.807, 2.05) is 0 Å². The van der Waals surface area contributed by atoms with Crippen LogP contribution in [0.4, 0.5) is 10.1 Å². The highest BCUT2D eigenvalue weighted by atomic mass is 35.5. The number of carbonyl (C=O) groups is 1. The van der Waals surface area contributed by atoms with Crippen LogP contribution in [0.5, 0.6) is 0 Å². The molecule has 3 aromatic carbocycles. The van der Waals surface area contributed by atoms with Gasteiger partial charge in [0, 0.05) is 11.6 Å². The number of amides is 1. The maximum atomic E-state index is 14.5. The van der Waals surface area contributed by atoms with Gasteiger partial charge < -0.3 is 0 Å². The van der Waals surface area contributed by atoms with E-state index in [4.69, 9.17) is 11.6 Å². The lowest BCUT2D eigenvalue weighted by Gasteiger charge is -2.15. The largest absolute Gasteiger partial charge is 0.288 e. The Kier molecular flexibility index (Phi) is 5.18. The summed E-state index contributed by atoms with van der Waals surface area (Å²) in [6.45, 7) is 0. The molecule has 0 saturated heterocycles. The summed E-state index contributed by atoms with van der Waals surface area (Å²) in [6.07, 6.45) is 0. The maximum Gasteiger partial charge on any atom is 0.288 e. The van der Waals surface area contributed by atoms with Crippen LogP contribution in [0.3, 0.4) is 0 Å². The van der Waals surface area contributed by atoms with E-state index in [0.717, 1.165) is 10.7 Å². The second-order valence-electron chi connectivity index (χ2n) is 6.44. The van der Waals surface area contributed by atoms with Gasteiger partial charge in [-0.15, -0.1) is 0 Å². The van der Waals surface area contributed by atoms with Crippen molar-refractivity contribution in [1.29, 1.82) is 0 Å². The zero-order valence-corrected chi connectivity index (χ0v) is 16.3. The molecule has 4 rings (SSSR count). The number of nitro benzene ring substituents is 1. The molecular weight excluding hydrogens is 427 g/mol. The normalized spacial score (nSPS) is 10.8. The molecule has 1 N–H and O–H groups in total. The van der Waals surface area contributed by atoms with Gasteiger partial charge in [-0.05, 0) is 36.4 Å². The molecule has 4 aromatic rings. The Labute approximate surface area is 178 Å². The van der Waals surface area contributed by atoms with Crippen molar-refractivity contribution >= 4 is 34.1 Å². The molecular formula is C21H12ClFN4O4. The second-order valence-corrected chi connectivity index (χ2v) is 6.84. The number of nitro groups is 1. The maximum absolute atomic E-state index is 14.5. The zero-order chi connectivity index (χ0) is 22.1. The van der Waals surface area contributed by atoms with Crippen LogP contribution in [0.1, 0.15) is 10.4 Å². The smallest absolute Gasteiger partial charge is 0.267 e. The van der Waals surface area contributed by atoms with E-state index < -0.39 is 27.9 Å². The summed E-state index contributed by atoms with van der Waals surface area (Å²) in [5, 5.41) is 11.2. The molecule has 0 aliphatic carbocycles. The summed E-state index contributed by atoms with van der Waals surface area (Å²) in [4.78, 5) is 40.6. The van der Waals surface area contributed by atoms with Crippen molar-refractivity contribution in [3.63, 3.8) is 0 Å². The monoisotopic (exact) mass is 438 g/mol. The van der Waals surface area contributed by atoms with Gasteiger partial charge >= 0.3 is 0 Å². The lowest BCUT2D eigenvalue weighted by molar-refractivity contribution is -0.384. The van der Waals surface area contributed by atoms with Crippen molar-refractivity contribution in [3.05, 3.63) is 104 Å². The fourth-order valence-electron chi connectivity index (χ4n) is 3.02. The highest BCUT2D eigenvalue weighted by molar-refractivity contribution is 6.32. The number of halogens is 2. The Morgan fingerprint density at radius 2 is 1.81 bits per heavy atom. The summed E-state index contributed by atoms with van der Waals surface area (Å²) in [5.74, 6) is -1.61. The first-order chi connectivity index (χ1) is 14.9. The molecule has 31 heavy (non-hydrogen) atoms. The van der Waals surface area contributed by atoms with Gasteiger partial charge in [0.25, 0.3) is 17.2 Å². The summed E-state index contributed by atoms with van der Waals surface area (Å²) in [7, 11) is 0. The Bertz CT molecular complexity index is 1420. The number of nitrogens with one attached hydrogen (secondary N) is 1. The van der Waals surface area contributed by atoms with Gasteiger partial charge in [-0.3, -0.25) is 25.1 Å². The summed E-state index contributed by atoms with van der Waals surface area (Å²) >= 11 is 5.79. The van der Waals surface area contributed by atoms with Crippen molar-refractivity contribution in [2.75, 3.05) is 5.43 Å². The Morgan fingerprint density at radius 3 is 2.55 bits per heavy atom. The number of para-hydroxylation sites is 1. The van der Waals surface area contributed by atoms with Crippen LogP contribution >= 0.6 is 11.6 Å². The van der Waals surface area contributed by atoms with Gasteiger partial charge in [-0.2, -0.15) is 4.68 Å². The fraction of sp³-hybridized carbons (Fsp3) is 0. The minimum Gasteiger partial charge on any atom is -0.267 e. The first kappa shape index (κ1) is 20.2. The standard InChI is InChI=1S/C21H12ClFN4O4/c22-15-10-9-12(11-18(15)27(30)31)20(28)25-26-19(13-5-1-3-7-16(13)23)24-17-8-4-2-6-14(17)21(26)29/h1-11H,(H,25,28). The third kappa shape index (κ3) is 3.74. The van der Waals surface area contributed by atoms with E-state index in [0.29, 0.717) is 5.52 Å². The average molecular weight is 439 g/mol. The fourth-order valence-corrected chi connectivity index (χ4v) is 3.21. The Hall–Kier alpha value is -4.11. The minimum absolute atomic E-state index is 0.00672. The van der Waals surface area contributed by atoms with Crippen molar-refractivity contribution in [2.24, 2.45) is 0 Å². The summed E-state index contributed by atoms with van der Waals surface area (Å²) in [6, 6.07) is 15.5. The number of carbonyl (C=O) groups excluding carboxylic acids is 1. The third-order valence-electron chi connectivity index (χ3n) is 4.51. The molecule has 0 fully saturated rings. The zero-order valence-electron chi connectivity index (χ0n) is 15.6. The van der Waals surface area contributed by atoms with E-state index >= 15 is 0 Å². The summed E-state index contributed by atoms with van der Waals surface area (Å²) in [5.41, 5.74) is 1.46. The SMILES string of the molecule is O=C(Nn1c(-c2ccccc2F)nc2ccccc2c1=O)c1ccc(Cl)c([N+](=O)[O-])c1. The van der Waals surface area contributed by atoms with Gasteiger partial charge in [0.15, 0.2) is 5.82 Å². The van der Waals surface area contributed by atoms with Gasteiger partial charge in [-0.1, -0.05) is 35.9 Å². The highest BCUT2D eigenvalue weighted by Gasteiger charge is 2.20. The van der Waals surface area contributed by atoms with Crippen molar-refractivity contribution in [3.8, 4) is 11.4 Å². The van der Waals surface area contributed by atoms with Crippen LogP contribution in [-0.4, -0.2) is 20.5 Å². The molecule has 0 bridgehead atoms.